The fourth-order valence-corrected chi connectivity index (χ4v) is 2.69. The van der Waals surface area contributed by atoms with Crippen LogP contribution in [0.1, 0.15) is 29.8 Å². The Balaban J connectivity index is 1.88. The number of halogens is 1. The van der Waals surface area contributed by atoms with Crippen molar-refractivity contribution in [2.24, 2.45) is 0 Å². The van der Waals surface area contributed by atoms with Crippen LogP contribution in [0.2, 0.25) is 5.02 Å². The highest BCUT2D eigenvalue weighted by Crippen LogP contribution is 2.18. The molecule has 0 heterocycles. The second-order valence-corrected chi connectivity index (χ2v) is 7.36. The van der Waals surface area contributed by atoms with E-state index in [4.69, 9.17) is 16.7 Å². The van der Waals surface area contributed by atoms with Crippen molar-refractivity contribution < 1.29 is 14.7 Å². The van der Waals surface area contributed by atoms with E-state index in [2.05, 4.69) is 10.0 Å². The van der Waals surface area contributed by atoms with Crippen molar-refractivity contribution in [1.29, 1.82) is 0 Å². The SMILES string of the molecule is CC(C)(NC(=O)c1ccc(CNSc2ccc(Cl)cc2)cc1)C(=O)O. The number of benzene rings is 2. The van der Waals surface area contributed by atoms with Crippen LogP contribution in [0, 0.1) is 0 Å². The smallest absolute Gasteiger partial charge is 0.328 e. The molecule has 0 aliphatic carbocycles. The molecule has 2 aromatic rings. The van der Waals surface area contributed by atoms with Gasteiger partial charge in [0, 0.05) is 22.0 Å². The van der Waals surface area contributed by atoms with Gasteiger partial charge in [0.1, 0.15) is 5.54 Å². The fraction of sp³-hybridized carbons (Fsp3) is 0.222. The van der Waals surface area contributed by atoms with E-state index in [0.717, 1.165) is 10.5 Å². The average molecular weight is 379 g/mol. The molecular formula is C18H19ClN2O3S. The summed E-state index contributed by atoms with van der Waals surface area (Å²) >= 11 is 7.34. The minimum Gasteiger partial charge on any atom is -0.480 e. The van der Waals surface area contributed by atoms with Gasteiger partial charge in [0.2, 0.25) is 0 Å². The van der Waals surface area contributed by atoms with Crippen molar-refractivity contribution in [1.82, 2.24) is 10.0 Å². The molecule has 0 unspecified atom stereocenters. The zero-order chi connectivity index (χ0) is 18.4. The van der Waals surface area contributed by atoms with Gasteiger partial charge in [-0.1, -0.05) is 23.7 Å². The summed E-state index contributed by atoms with van der Waals surface area (Å²) in [5.74, 6) is -1.50. The molecule has 0 fully saturated rings. The van der Waals surface area contributed by atoms with Crippen LogP contribution in [-0.2, 0) is 11.3 Å². The molecule has 7 heteroatoms. The number of carboxylic acids is 1. The number of nitrogens with one attached hydrogen (secondary N) is 2. The Labute approximate surface area is 155 Å². The second kappa shape index (κ2) is 8.38. The number of rotatable bonds is 7. The van der Waals surface area contributed by atoms with Crippen LogP contribution in [0.3, 0.4) is 0 Å². The zero-order valence-electron chi connectivity index (χ0n) is 13.9. The first-order valence-corrected chi connectivity index (χ1v) is 8.77. The lowest BCUT2D eigenvalue weighted by Gasteiger charge is -2.21. The molecule has 1 amide bonds. The largest absolute Gasteiger partial charge is 0.480 e. The van der Waals surface area contributed by atoms with E-state index in [1.165, 1.54) is 25.8 Å². The van der Waals surface area contributed by atoms with E-state index in [1.807, 2.05) is 36.4 Å². The van der Waals surface area contributed by atoms with E-state index in [-0.39, 0.29) is 0 Å². The van der Waals surface area contributed by atoms with Crippen molar-refractivity contribution in [3.63, 3.8) is 0 Å². The molecule has 25 heavy (non-hydrogen) atoms. The number of carboxylic acid groups (broad SMARTS) is 1. The highest BCUT2D eigenvalue weighted by Gasteiger charge is 2.29. The van der Waals surface area contributed by atoms with Crippen LogP contribution in [0.25, 0.3) is 0 Å². The highest BCUT2D eigenvalue weighted by atomic mass is 35.5. The van der Waals surface area contributed by atoms with Crippen LogP contribution in [0.5, 0.6) is 0 Å². The van der Waals surface area contributed by atoms with Gasteiger partial charge in [0.25, 0.3) is 5.91 Å². The average Bonchev–Trinajstić information content (AvgIpc) is 2.56. The second-order valence-electron chi connectivity index (χ2n) is 5.96. The van der Waals surface area contributed by atoms with Crippen molar-refractivity contribution in [3.8, 4) is 0 Å². The number of amides is 1. The van der Waals surface area contributed by atoms with Gasteiger partial charge in [-0.15, -0.1) is 0 Å². The molecule has 0 spiro atoms. The normalized spacial score (nSPS) is 11.2. The first kappa shape index (κ1) is 19.3. The van der Waals surface area contributed by atoms with Gasteiger partial charge in [-0.25, -0.2) is 4.79 Å². The van der Waals surface area contributed by atoms with Crippen LogP contribution >= 0.6 is 23.5 Å². The summed E-state index contributed by atoms with van der Waals surface area (Å²) in [7, 11) is 0. The topological polar surface area (TPSA) is 78.4 Å². The van der Waals surface area contributed by atoms with Crippen molar-refractivity contribution in [2.45, 2.75) is 30.8 Å². The number of carbonyl (C=O) groups excluding carboxylic acids is 1. The summed E-state index contributed by atoms with van der Waals surface area (Å²) in [5, 5.41) is 12.2. The number of aliphatic carboxylic acids is 1. The quantitative estimate of drug-likeness (QED) is 0.640. The van der Waals surface area contributed by atoms with E-state index < -0.39 is 17.4 Å². The maximum absolute atomic E-state index is 12.1. The van der Waals surface area contributed by atoms with Gasteiger partial charge in [0.15, 0.2) is 0 Å². The Kier molecular flexibility index (Phi) is 6.47. The predicted molar refractivity (Wildman–Crippen MR) is 99.8 cm³/mol. The maximum Gasteiger partial charge on any atom is 0.328 e. The third kappa shape index (κ3) is 5.77. The Morgan fingerprint density at radius 1 is 1.08 bits per heavy atom. The van der Waals surface area contributed by atoms with Crippen molar-refractivity contribution in [3.05, 3.63) is 64.7 Å². The minimum atomic E-state index is -1.31. The number of hydrogen-bond acceptors (Lipinski definition) is 4. The van der Waals surface area contributed by atoms with Crippen LogP contribution in [-0.4, -0.2) is 22.5 Å². The van der Waals surface area contributed by atoms with Crippen molar-refractivity contribution in [2.75, 3.05) is 0 Å². The van der Waals surface area contributed by atoms with E-state index in [0.29, 0.717) is 17.1 Å². The first-order chi connectivity index (χ1) is 11.8. The van der Waals surface area contributed by atoms with Gasteiger partial charge >= 0.3 is 5.97 Å². The van der Waals surface area contributed by atoms with Gasteiger partial charge in [-0.3, -0.25) is 9.52 Å². The summed E-state index contributed by atoms with van der Waals surface area (Å²) < 4.78 is 3.23. The molecule has 0 saturated heterocycles. The number of carbonyl (C=O) groups is 2. The van der Waals surface area contributed by atoms with E-state index in [9.17, 15) is 9.59 Å². The predicted octanol–water partition coefficient (Wildman–Crippen LogP) is 3.73. The molecule has 0 radical (unpaired) electrons. The van der Waals surface area contributed by atoms with Crippen LogP contribution in [0.15, 0.2) is 53.4 Å². The van der Waals surface area contributed by atoms with Crippen LogP contribution in [0.4, 0.5) is 0 Å². The summed E-state index contributed by atoms with van der Waals surface area (Å²) in [6, 6.07) is 14.5. The first-order valence-electron chi connectivity index (χ1n) is 7.58. The molecule has 132 valence electrons. The third-order valence-electron chi connectivity index (χ3n) is 3.46. The maximum atomic E-state index is 12.1. The third-order valence-corrected chi connectivity index (χ3v) is 4.51. The Bertz CT molecular complexity index is 746. The van der Waals surface area contributed by atoms with Gasteiger partial charge in [0.05, 0.1) is 0 Å². The highest BCUT2D eigenvalue weighted by molar-refractivity contribution is 7.97. The lowest BCUT2D eigenvalue weighted by atomic mass is 10.0. The van der Waals surface area contributed by atoms with Crippen molar-refractivity contribution >= 4 is 35.4 Å². The molecule has 0 atom stereocenters. The lowest BCUT2D eigenvalue weighted by Crippen LogP contribution is -2.49. The molecule has 2 rings (SSSR count). The van der Waals surface area contributed by atoms with E-state index in [1.54, 1.807) is 12.1 Å². The Morgan fingerprint density at radius 3 is 2.24 bits per heavy atom. The molecule has 5 nitrogen and oxygen atoms in total. The summed E-state index contributed by atoms with van der Waals surface area (Å²) in [6.07, 6.45) is 0. The molecule has 2 aromatic carbocycles. The summed E-state index contributed by atoms with van der Waals surface area (Å²) in [4.78, 5) is 24.2. The Hall–Kier alpha value is -2.02. The monoisotopic (exact) mass is 378 g/mol. The zero-order valence-corrected chi connectivity index (χ0v) is 15.4. The standard InChI is InChI=1S/C18H19ClN2O3S/c1-18(2,17(23)24)21-16(22)13-5-3-12(4-6-13)11-20-25-15-9-7-14(19)8-10-15/h3-10,20H,11H2,1-2H3,(H,21,22)(H,23,24). The molecule has 3 N–H and O–H groups in total. The van der Waals surface area contributed by atoms with Gasteiger partial charge < -0.3 is 10.4 Å². The molecule has 0 aliphatic rings. The summed E-state index contributed by atoms with van der Waals surface area (Å²) in [6.45, 7) is 3.51. The summed E-state index contributed by atoms with van der Waals surface area (Å²) in [5.41, 5.74) is 0.117. The van der Waals surface area contributed by atoms with Gasteiger partial charge in [-0.05, 0) is 67.8 Å². The Morgan fingerprint density at radius 2 is 1.68 bits per heavy atom. The fourth-order valence-electron chi connectivity index (χ4n) is 1.89. The molecule has 0 saturated carbocycles. The van der Waals surface area contributed by atoms with E-state index >= 15 is 0 Å². The van der Waals surface area contributed by atoms with Gasteiger partial charge in [-0.2, -0.15) is 0 Å². The minimum absolute atomic E-state index is 0.414. The molecule has 0 aromatic heterocycles. The van der Waals surface area contributed by atoms with Crippen LogP contribution < -0.4 is 10.0 Å². The lowest BCUT2D eigenvalue weighted by molar-refractivity contribution is -0.143. The molecular weight excluding hydrogens is 360 g/mol. The number of hydrogen-bond donors (Lipinski definition) is 3. The molecule has 0 bridgehead atoms. The molecule has 0 aliphatic heterocycles.